The summed E-state index contributed by atoms with van der Waals surface area (Å²) >= 11 is 0. The van der Waals surface area contributed by atoms with Crippen LogP contribution in [0.1, 0.15) is 25.5 Å². The van der Waals surface area contributed by atoms with Gasteiger partial charge in [0, 0.05) is 12.6 Å². The van der Waals surface area contributed by atoms with Crippen molar-refractivity contribution in [2.24, 2.45) is 5.92 Å². The van der Waals surface area contributed by atoms with E-state index in [1.807, 2.05) is 18.2 Å². The number of hydrogen-bond donors (Lipinski definition) is 1. The van der Waals surface area contributed by atoms with Crippen molar-refractivity contribution in [3.63, 3.8) is 0 Å². The first kappa shape index (κ1) is 14.3. The lowest BCUT2D eigenvalue weighted by atomic mass is 9.97. The van der Waals surface area contributed by atoms with E-state index in [4.69, 9.17) is 4.74 Å². The molecule has 0 spiro atoms. The molecule has 0 radical (unpaired) electrons. The summed E-state index contributed by atoms with van der Waals surface area (Å²) in [5.74, 6) is 1.50. The van der Waals surface area contributed by atoms with Gasteiger partial charge >= 0.3 is 0 Å². The SMILES string of the molecule is CCN1CCC(CNCc2cccc(OC)n2)CC1. The van der Waals surface area contributed by atoms with Crippen molar-refractivity contribution in [1.29, 1.82) is 0 Å². The molecule has 0 atom stereocenters. The lowest BCUT2D eigenvalue weighted by Crippen LogP contribution is -2.37. The van der Waals surface area contributed by atoms with E-state index in [1.165, 1.54) is 32.5 Å². The quantitative estimate of drug-likeness (QED) is 0.851. The number of hydrogen-bond acceptors (Lipinski definition) is 4. The maximum atomic E-state index is 5.13. The standard InChI is InChI=1S/C15H25N3O/c1-3-18-9-7-13(8-10-18)11-16-12-14-5-4-6-15(17-14)19-2/h4-6,13,16H,3,7-12H2,1-2H3. The second-order valence-corrected chi connectivity index (χ2v) is 5.18. The summed E-state index contributed by atoms with van der Waals surface area (Å²) in [6.07, 6.45) is 2.62. The average molecular weight is 263 g/mol. The molecule has 1 aliphatic rings. The highest BCUT2D eigenvalue weighted by atomic mass is 16.5. The molecule has 0 unspecified atom stereocenters. The van der Waals surface area contributed by atoms with Crippen LogP contribution in [-0.2, 0) is 6.54 Å². The first-order chi connectivity index (χ1) is 9.31. The molecule has 1 aliphatic heterocycles. The van der Waals surface area contributed by atoms with Gasteiger partial charge in [-0.3, -0.25) is 0 Å². The van der Waals surface area contributed by atoms with E-state index in [-0.39, 0.29) is 0 Å². The van der Waals surface area contributed by atoms with E-state index in [9.17, 15) is 0 Å². The normalized spacial score (nSPS) is 17.6. The number of pyridine rings is 1. The van der Waals surface area contributed by atoms with Crippen LogP contribution >= 0.6 is 0 Å². The minimum Gasteiger partial charge on any atom is -0.481 e. The molecule has 0 bridgehead atoms. The summed E-state index contributed by atoms with van der Waals surface area (Å²) in [6.45, 7) is 7.85. The second kappa shape index (κ2) is 7.46. The number of piperidine rings is 1. The molecule has 1 saturated heterocycles. The number of nitrogens with zero attached hydrogens (tertiary/aromatic N) is 2. The van der Waals surface area contributed by atoms with Crippen LogP contribution in [0.15, 0.2) is 18.2 Å². The van der Waals surface area contributed by atoms with Gasteiger partial charge in [-0.15, -0.1) is 0 Å². The van der Waals surface area contributed by atoms with Gasteiger partial charge in [0.25, 0.3) is 0 Å². The van der Waals surface area contributed by atoms with E-state index in [0.29, 0.717) is 5.88 Å². The molecule has 1 aromatic heterocycles. The highest BCUT2D eigenvalue weighted by Crippen LogP contribution is 2.16. The minimum atomic E-state index is 0.690. The molecule has 19 heavy (non-hydrogen) atoms. The molecule has 2 rings (SSSR count). The van der Waals surface area contributed by atoms with Gasteiger partial charge in [-0.05, 0) is 51.0 Å². The zero-order chi connectivity index (χ0) is 13.5. The number of nitrogens with one attached hydrogen (secondary N) is 1. The first-order valence-corrected chi connectivity index (χ1v) is 7.24. The summed E-state index contributed by atoms with van der Waals surface area (Å²) in [6, 6.07) is 5.90. The Bertz CT molecular complexity index is 375. The molecule has 1 aromatic rings. The van der Waals surface area contributed by atoms with Gasteiger partial charge in [0.05, 0.1) is 12.8 Å². The molecule has 0 aliphatic carbocycles. The molecule has 0 aromatic carbocycles. The first-order valence-electron chi connectivity index (χ1n) is 7.24. The molecular weight excluding hydrogens is 238 g/mol. The van der Waals surface area contributed by atoms with E-state index < -0.39 is 0 Å². The molecule has 4 heteroatoms. The number of likely N-dealkylation sites (tertiary alicyclic amines) is 1. The predicted octanol–water partition coefficient (Wildman–Crippen LogP) is 1.91. The summed E-state index contributed by atoms with van der Waals surface area (Å²) in [5.41, 5.74) is 1.05. The van der Waals surface area contributed by atoms with E-state index in [0.717, 1.165) is 24.7 Å². The third-order valence-corrected chi connectivity index (χ3v) is 3.88. The van der Waals surface area contributed by atoms with Gasteiger partial charge in [-0.2, -0.15) is 0 Å². The Kier molecular flexibility index (Phi) is 5.61. The Morgan fingerprint density at radius 2 is 2.16 bits per heavy atom. The second-order valence-electron chi connectivity index (χ2n) is 5.18. The fraction of sp³-hybridized carbons (Fsp3) is 0.667. The van der Waals surface area contributed by atoms with Crippen LogP contribution in [0.25, 0.3) is 0 Å². The molecule has 1 fully saturated rings. The van der Waals surface area contributed by atoms with Crippen molar-refractivity contribution in [2.75, 3.05) is 33.3 Å². The van der Waals surface area contributed by atoms with Gasteiger partial charge in [-0.25, -0.2) is 4.98 Å². The third-order valence-electron chi connectivity index (χ3n) is 3.88. The van der Waals surface area contributed by atoms with Crippen LogP contribution in [0.2, 0.25) is 0 Å². The molecular formula is C15H25N3O. The minimum absolute atomic E-state index is 0.690. The summed E-state index contributed by atoms with van der Waals surface area (Å²) in [5, 5.41) is 3.52. The highest BCUT2D eigenvalue weighted by Gasteiger charge is 2.17. The van der Waals surface area contributed by atoms with Crippen molar-refractivity contribution in [2.45, 2.75) is 26.3 Å². The number of aromatic nitrogens is 1. The van der Waals surface area contributed by atoms with Crippen LogP contribution in [-0.4, -0.2) is 43.2 Å². The zero-order valence-electron chi connectivity index (χ0n) is 12.1. The van der Waals surface area contributed by atoms with Gasteiger partial charge in [0.2, 0.25) is 5.88 Å². The smallest absolute Gasteiger partial charge is 0.213 e. The van der Waals surface area contributed by atoms with Gasteiger partial charge < -0.3 is 15.0 Å². The number of rotatable bonds is 6. The van der Waals surface area contributed by atoms with Gasteiger partial charge in [-0.1, -0.05) is 13.0 Å². The molecule has 2 heterocycles. The van der Waals surface area contributed by atoms with Crippen molar-refractivity contribution in [3.8, 4) is 5.88 Å². The Morgan fingerprint density at radius 3 is 2.84 bits per heavy atom. The topological polar surface area (TPSA) is 37.4 Å². The fourth-order valence-corrected chi connectivity index (χ4v) is 2.58. The molecule has 106 valence electrons. The molecule has 1 N–H and O–H groups in total. The van der Waals surface area contributed by atoms with Crippen molar-refractivity contribution in [3.05, 3.63) is 23.9 Å². The summed E-state index contributed by atoms with van der Waals surface area (Å²) < 4.78 is 5.13. The van der Waals surface area contributed by atoms with Crippen molar-refractivity contribution in [1.82, 2.24) is 15.2 Å². The average Bonchev–Trinajstić information content (AvgIpc) is 2.48. The fourth-order valence-electron chi connectivity index (χ4n) is 2.58. The van der Waals surface area contributed by atoms with Gasteiger partial charge in [0.1, 0.15) is 0 Å². The largest absolute Gasteiger partial charge is 0.481 e. The maximum Gasteiger partial charge on any atom is 0.213 e. The lowest BCUT2D eigenvalue weighted by molar-refractivity contribution is 0.190. The predicted molar refractivity (Wildman–Crippen MR) is 77.3 cm³/mol. The third kappa shape index (κ3) is 4.48. The Morgan fingerprint density at radius 1 is 1.37 bits per heavy atom. The Balaban J connectivity index is 1.69. The summed E-state index contributed by atoms with van der Waals surface area (Å²) in [7, 11) is 1.65. The number of methoxy groups -OCH3 is 1. The zero-order valence-corrected chi connectivity index (χ0v) is 12.1. The van der Waals surface area contributed by atoms with Crippen molar-refractivity contribution < 1.29 is 4.74 Å². The van der Waals surface area contributed by atoms with Crippen LogP contribution in [0, 0.1) is 5.92 Å². The Labute approximate surface area is 116 Å². The van der Waals surface area contributed by atoms with Crippen LogP contribution in [0.5, 0.6) is 5.88 Å². The molecule has 0 amide bonds. The van der Waals surface area contributed by atoms with Crippen LogP contribution < -0.4 is 10.1 Å². The maximum absolute atomic E-state index is 5.13. The van der Waals surface area contributed by atoms with E-state index in [2.05, 4.69) is 22.1 Å². The molecule has 4 nitrogen and oxygen atoms in total. The monoisotopic (exact) mass is 263 g/mol. The number of ether oxygens (including phenoxy) is 1. The van der Waals surface area contributed by atoms with E-state index >= 15 is 0 Å². The van der Waals surface area contributed by atoms with Crippen LogP contribution in [0.3, 0.4) is 0 Å². The van der Waals surface area contributed by atoms with E-state index in [1.54, 1.807) is 7.11 Å². The lowest BCUT2D eigenvalue weighted by Gasteiger charge is -2.31. The van der Waals surface area contributed by atoms with Crippen LogP contribution in [0.4, 0.5) is 0 Å². The molecule has 0 saturated carbocycles. The summed E-state index contributed by atoms with van der Waals surface area (Å²) in [4.78, 5) is 6.93. The van der Waals surface area contributed by atoms with Gasteiger partial charge in [0.15, 0.2) is 0 Å². The Hall–Kier alpha value is -1.13. The highest BCUT2D eigenvalue weighted by molar-refractivity contribution is 5.15. The van der Waals surface area contributed by atoms with Crippen molar-refractivity contribution >= 4 is 0 Å².